The van der Waals surface area contributed by atoms with E-state index in [1.807, 2.05) is 0 Å². The molecule has 0 unspecified atom stereocenters. The topological polar surface area (TPSA) is 61.4 Å². The van der Waals surface area contributed by atoms with Gasteiger partial charge in [-0.3, -0.25) is 4.90 Å². The molecule has 0 radical (unpaired) electrons. The summed E-state index contributed by atoms with van der Waals surface area (Å²) in [4.78, 5) is 1.84. The van der Waals surface area contributed by atoms with Crippen molar-refractivity contribution in [3.8, 4) is 0 Å². The van der Waals surface area contributed by atoms with Crippen LogP contribution >= 0.6 is 40.7 Å². The quantitative estimate of drug-likeness (QED) is 0.733. The molecular weight excluding hydrogens is 420 g/mol. The van der Waals surface area contributed by atoms with E-state index in [2.05, 4.69) is 30.9 Å². The van der Waals surface area contributed by atoms with E-state index in [1.165, 1.54) is 18.2 Å². The standard InChI is InChI=1S/C12H17BrFN3O2S.2ClH/c13-10-2-1-3-11(12(10)14)20(18,19)16-6-9-17-7-4-15-5-8-17;;/h1-3,15-16H,4-9H2;2*1H. The van der Waals surface area contributed by atoms with Crippen molar-refractivity contribution in [3.63, 3.8) is 0 Å². The number of nitrogens with zero attached hydrogens (tertiary/aromatic N) is 1. The van der Waals surface area contributed by atoms with Gasteiger partial charge < -0.3 is 5.32 Å². The number of rotatable bonds is 5. The third kappa shape index (κ3) is 5.92. The summed E-state index contributed by atoms with van der Waals surface area (Å²) in [5.41, 5.74) is 0. The first-order valence-corrected chi connectivity index (χ1v) is 8.65. The van der Waals surface area contributed by atoms with Gasteiger partial charge in [-0.15, -0.1) is 24.8 Å². The van der Waals surface area contributed by atoms with Crippen molar-refractivity contribution in [1.29, 1.82) is 0 Å². The zero-order valence-electron chi connectivity index (χ0n) is 11.7. The Morgan fingerprint density at radius 2 is 1.91 bits per heavy atom. The number of halogens is 4. The smallest absolute Gasteiger partial charge is 0.243 e. The Bertz CT molecular complexity index is 571. The van der Waals surface area contributed by atoms with E-state index >= 15 is 0 Å². The van der Waals surface area contributed by atoms with Crippen LogP contribution in [0.3, 0.4) is 0 Å². The highest BCUT2D eigenvalue weighted by Gasteiger charge is 2.20. The number of nitrogens with one attached hydrogen (secondary N) is 2. The lowest BCUT2D eigenvalue weighted by Gasteiger charge is -2.27. The van der Waals surface area contributed by atoms with Gasteiger partial charge in [0.2, 0.25) is 10.0 Å². The van der Waals surface area contributed by atoms with Crippen molar-refractivity contribution in [2.24, 2.45) is 0 Å². The molecule has 2 rings (SSSR count). The molecule has 0 bridgehead atoms. The van der Waals surface area contributed by atoms with Crippen LogP contribution in [0.5, 0.6) is 0 Å². The largest absolute Gasteiger partial charge is 0.314 e. The van der Waals surface area contributed by atoms with Crippen molar-refractivity contribution < 1.29 is 12.8 Å². The average Bonchev–Trinajstić information content (AvgIpc) is 2.42. The van der Waals surface area contributed by atoms with E-state index in [0.717, 1.165) is 26.2 Å². The number of hydrogen-bond donors (Lipinski definition) is 2. The highest BCUT2D eigenvalue weighted by Crippen LogP contribution is 2.21. The molecule has 0 amide bonds. The molecule has 0 saturated carbocycles. The van der Waals surface area contributed by atoms with Crippen LogP contribution in [0.4, 0.5) is 4.39 Å². The molecule has 22 heavy (non-hydrogen) atoms. The van der Waals surface area contributed by atoms with Crippen LogP contribution in [0.2, 0.25) is 0 Å². The van der Waals surface area contributed by atoms with Gasteiger partial charge in [-0.2, -0.15) is 0 Å². The molecule has 5 nitrogen and oxygen atoms in total. The second-order valence-corrected chi connectivity index (χ2v) is 7.13. The normalized spacial score (nSPS) is 15.7. The third-order valence-corrected chi connectivity index (χ3v) is 5.23. The molecule has 10 heteroatoms. The fourth-order valence-corrected chi connectivity index (χ4v) is 3.66. The van der Waals surface area contributed by atoms with Gasteiger partial charge in [-0.05, 0) is 28.1 Å². The van der Waals surface area contributed by atoms with Crippen molar-refractivity contribution in [2.45, 2.75) is 4.90 Å². The van der Waals surface area contributed by atoms with E-state index in [1.54, 1.807) is 0 Å². The van der Waals surface area contributed by atoms with Crippen LogP contribution in [0.15, 0.2) is 27.6 Å². The van der Waals surface area contributed by atoms with Crippen molar-refractivity contribution in [1.82, 2.24) is 14.9 Å². The second-order valence-electron chi connectivity index (χ2n) is 4.54. The maximum absolute atomic E-state index is 13.8. The van der Waals surface area contributed by atoms with E-state index in [0.29, 0.717) is 6.54 Å². The molecule has 0 spiro atoms. The van der Waals surface area contributed by atoms with Crippen molar-refractivity contribution >= 4 is 50.8 Å². The summed E-state index contributed by atoms with van der Waals surface area (Å²) in [6, 6.07) is 4.22. The number of piperazine rings is 1. The minimum absolute atomic E-state index is 0. The molecule has 0 aromatic heterocycles. The lowest BCUT2D eigenvalue weighted by Crippen LogP contribution is -2.46. The SMILES string of the molecule is Cl.Cl.O=S(=O)(NCCN1CCNCC1)c1cccc(Br)c1F. The number of benzene rings is 1. The molecule has 1 saturated heterocycles. The Balaban J connectivity index is 0.00000220. The fourth-order valence-electron chi connectivity index (χ4n) is 2.04. The number of sulfonamides is 1. The van der Waals surface area contributed by atoms with E-state index in [4.69, 9.17) is 0 Å². The van der Waals surface area contributed by atoms with Crippen LogP contribution < -0.4 is 10.0 Å². The Hall–Kier alpha value is 0.0400. The van der Waals surface area contributed by atoms with Gasteiger partial charge in [0.15, 0.2) is 5.82 Å². The van der Waals surface area contributed by atoms with Crippen LogP contribution in [0.1, 0.15) is 0 Å². The first-order chi connectivity index (χ1) is 9.50. The molecule has 1 aliphatic rings. The Morgan fingerprint density at radius 1 is 1.27 bits per heavy atom. The molecular formula is C12H19BrCl2FN3O2S. The summed E-state index contributed by atoms with van der Waals surface area (Å²) in [5, 5.41) is 3.23. The van der Waals surface area contributed by atoms with Gasteiger partial charge >= 0.3 is 0 Å². The van der Waals surface area contributed by atoms with Gasteiger partial charge in [0.1, 0.15) is 4.90 Å². The zero-order valence-corrected chi connectivity index (χ0v) is 15.8. The summed E-state index contributed by atoms with van der Waals surface area (Å²) in [6.45, 7) is 4.50. The molecule has 1 aliphatic heterocycles. The molecule has 1 aromatic rings. The summed E-state index contributed by atoms with van der Waals surface area (Å²) in [6.07, 6.45) is 0. The first kappa shape index (κ1) is 22.0. The fraction of sp³-hybridized carbons (Fsp3) is 0.500. The predicted octanol–water partition coefficient (Wildman–Crippen LogP) is 1.62. The van der Waals surface area contributed by atoms with Gasteiger partial charge in [0.25, 0.3) is 0 Å². The van der Waals surface area contributed by atoms with Gasteiger partial charge in [-0.25, -0.2) is 17.5 Å². The van der Waals surface area contributed by atoms with Crippen LogP contribution in [-0.2, 0) is 10.0 Å². The zero-order chi connectivity index (χ0) is 14.6. The summed E-state index contributed by atoms with van der Waals surface area (Å²) in [5.74, 6) is -0.762. The minimum atomic E-state index is -3.81. The van der Waals surface area contributed by atoms with Gasteiger partial charge in [0, 0.05) is 39.3 Å². The molecule has 1 aromatic carbocycles. The van der Waals surface area contributed by atoms with E-state index < -0.39 is 15.8 Å². The number of hydrogen-bond acceptors (Lipinski definition) is 4. The van der Waals surface area contributed by atoms with Crippen LogP contribution in [0.25, 0.3) is 0 Å². The van der Waals surface area contributed by atoms with Gasteiger partial charge in [0.05, 0.1) is 4.47 Å². The lowest BCUT2D eigenvalue weighted by atomic mass is 10.3. The van der Waals surface area contributed by atoms with Crippen molar-refractivity contribution in [2.75, 3.05) is 39.3 Å². The highest BCUT2D eigenvalue weighted by atomic mass is 79.9. The molecule has 0 aliphatic carbocycles. The first-order valence-electron chi connectivity index (χ1n) is 6.37. The molecule has 0 atom stereocenters. The molecule has 2 N–H and O–H groups in total. The molecule has 1 heterocycles. The average molecular weight is 439 g/mol. The Morgan fingerprint density at radius 3 is 2.55 bits per heavy atom. The second kappa shape index (κ2) is 10.0. The Kier molecular flexibility index (Phi) is 10.0. The van der Waals surface area contributed by atoms with Crippen molar-refractivity contribution in [3.05, 3.63) is 28.5 Å². The summed E-state index contributed by atoms with van der Waals surface area (Å²) >= 11 is 2.99. The van der Waals surface area contributed by atoms with E-state index in [9.17, 15) is 12.8 Å². The van der Waals surface area contributed by atoms with Gasteiger partial charge in [-0.1, -0.05) is 6.07 Å². The Labute approximate surface area is 151 Å². The van der Waals surface area contributed by atoms with Crippen LogP contribution in [0, 0.1) is 5.82 Å². The maximum atomic E-state index is 13.8. The third-order valence-electron chi connectivity index (χ3n) is 3.14. The van der Waals surface area contributed by atoms with Crippen LogP contribution in [-0.4, -0.2) is 52.6 Å². The molecule has 1 fully saturated rings. The minimum Gasteiger partial charge on any atom is -0.314 e. The monoisotopic (exact) mass is 437 g/mol. The predicted molar refractivity (Wildman–Crippen MR) is 93.1 cm³/mol. The maximum Gasteiger partial charge on any atom is 0.243 e. The molecule has 128 valence electrons. The lowest BCUT2D eigenvalue weighted by molar-refractivity contribution is 0.245. The van der Waals surface area contributed by atoms with E-state index in [-0.39, 0.29) is 40.7 Å². The highest BCUT2D eigenvalue weighted by molar-refractivity contribution is 9.10. The summed E-state index contributed by atoms with van der Waals surface area (Å²) in [7, 11) is -3.81. The summed E-state index contributed by atoms with van der Waals surface area (Å²) < 4.78 is 40.5.